The predicted octanol–water partition coefficient (Wildman–Crippen LogP) is 5.34. The van der Waals surface area contributed by atoms with Crippen molar-refractivity contribution in [2.24, 2.45) is 0 Å². The lowest BCUT2D eigenvalue weighted by Gasteiger charge is -2.32. The third-order valence-electron chi connectivity index (χ3n) is 5.34. The standard InChI is InChI=1S/C21H22Cl2N2O2/c1-2-27-20-17(22)10-14(11-18(20)23)21(26)24-15-6-5-13-7-9-25-8-3-4-19(25)16(13)12-15/h5-6,10-12,19H,2-4,7-9H2,1H3,(H,24,26). The second kappa shape index (κ2) is 7.70. The van der Waals surface area contributed by atoms with Crippen LogP contribution in [-0.2, 0) is 6.42 Å². The minimum absolute atomic E-state index is 0.235. The minimum atomic E-state index is -0.235. The zero-order valence-electron chi connectivity index (χ0n) is 15.2. The van der Waals surface area contributed by atoms with Crippen molar-refractivity contribution in [1.82, 2.24) is 4.90 Å². The average Bonchev–Trinajstić information content (AvgIpc) is 3.13. The molecule has 0 saturated carbocycles. The normalized spacial score (nSPS) is 18.7. The first-order valence-electron chi connectivity index (χ1n) is 9.37. The average molecular weight is 405 g/mol. The first-order chi connectivity index (χ1) is 13.1. The second-order valence-corrected chi connectivity index (χ2v) is 7.83. The van der Waals surface area contributed by atoms with Crippen molar-refractivity contribution in [2.45, 2.75) is 32.2 Å². The van der Waals surface area contributed by atoms with E-state index in [0.29, 0.717) is 34.0 Å². The van der Waals surface area contributed by atoms with Crippen molar-refractivity contribution >= 4 is 34.8 Å². The van der Waals surface area contributed by atoms with Crippen LogP contribution in [0.5, 0.6) is 5.75 Å². The topological polar surface area (TPSA) is 41.6 Å². The maximum atomic E-state index is 12.7. The summed E-state index contributed by atoms with van der Waals surface area (Å²) in [6, 6.07) is 9.89. The Morgan fingerprint density at radius 2 is 2.00 bits per heavy atom. The SMILES string of the molecule is CCOc1c(Cl)cc(C(=O)Nc2ccc3c(c2)C2CCCN2CC3)cc1Cl. The van der Waals surface area contributed by atoms with Gasteiger partial charge in [0.25, 0.3) is 5.91 Å². The molecule has 2 aliphatic heterocycles. The van der Waals surface area contributed by atoms with Gasteiger partial charge in [-0.15, -0.1) is 0 Å². The van der Waals surface area contributed by atoms with Crippen molar-refractivity contribution in [3.8, 4) is 5.75 Å². The maximum absolute atomic E-state index is 12.7. The summed E-state index contributed by atoms with van der Waals surface area (Å²) in [4.78, 5) is 15.2. The van der Waals surface area contributed by atoms with Crippen molar-refractivity contribution in [3.05, 3.63) is 57.1 Å². The van der Waals surface area contributed by atoms with Crippen LogP contribution >= 0.6 is 23.2 Å². The summed E-state index contributed by atoms with van der Waals surface area (Å²) in [7, 11) is 0. The number of benzene rings is 2. The Bertz CT molecular complexity index is 861. The minimum Gasteiger partial charge on any atom is -0.491 e. The fourth-order valence-corrected chi connectivity index (χ4v) is 4.69. The molecule has 27 heavy (non-hydrogen) atoms. The molecule has 1 fully saturated rings. The molecule has 2 aliphatic rings. The Labute approximate surface area is 169 Å². The number of halogens is 2. The molecule has 1 atom stereocenters. The van der Waals surface area contributed by atoms with Gasteiger partial charge < -0.3 is 10.1 Å². The maximum Gasteiger partial charge on any atom is 0.255 e. The number of fused-ring (bicyclic) bond motifs is 3. The molecule has 0 aromatic heterocycles. The van der Waals surface area contributed by atoms with Crippen molar-refractivity contribution < 1.29 is 9.53 Å². The summed E-state index contributed by atoms with van der Waals surface area (Å²) in [5.41, 5.74) is 3.95. The van der Waals surface area contributed by atoms with Gasteiger partial charge >= 0.3 is 0 Å². The van der Waals surface area contributed by atoms with Gasteiger partial charge in [0.05, 0.1) is 16.7 Å². The highest BCUT2D eigenvalue weighted by molar-refractivity contribution is 6.37. The summed E-state index contributed by atoms with van der Waals surface area (Å²) in [6.07, 6.45) is 3.50. The molecule has 4 nitrogen and oxygen atoms in total. The molecule has 1 saturated heterocycles. The van der Waals surface area contributed by atoms with Gasteiger partial charge in [0.1, 0.15) is 0 Å². The number of nitrogens with one attached hydrogen (secondary N) is 1. The lowest BCUT2D eigenvalue weighted by atomic mass is 9.92. The van der Waals surface area contributed by atoms with Crippen LogP contribution in [0.2, 0.25) is 10.0 Å². The molecule has 1 unspecified atom stereocenters. The lowest BCUT2D eigenvalue weighted by Crippen LogP contribution is -2.31. The Kier molecular flexibility index (Phi) is 5.31. The zero-order chi connectivity index (χ0) is 19.0. The van der Waals surface area contributed by atoms with E-state index < -0.39 is 0 Å². The molecular formula is C21H22Cl2N2O2. The Balaban J connectivity index is 1.56. The molecule has 0 aliphatic carbocycles. The van der Waals surface area contributed by atoms with Crippen LogP contribution in [-0.4, -0.2) is 30.5 Å². The van der Waals surface area contributed by atoms with E-state index in [0.717, 1.165) is 18.7 Å². The summed E-state index contributed by atoms with van der Waals surface area (Å²) in [5.74, 6) is 0.174. The summed E-state index contributed by atoms with van der Waals surface area (Å²) in [6.45, 7) is 4.61. The van der Waals surface area contributed by atoms with Gasteiger partial charge in [0.15, 0.2) is 5.75 Å². The number of ether oxygens (including phenoxy) is 1. The van der Waals surface area contributed by atoms with Gasteiger partial charge in [0.2, 0.25) is 0 Å². The summed E-state index contributed by atoms with van der Waals surface area (Å²) in [5, 5.41) is 3.65. The van der Waals surface area contributed by atoms with Crippen LogP contribution < -0.4 is 10.1 Å². The van der Waals surface area contributed by atoms with E-state index in [1.807, 2.05) is 13.0 Å². The number of nitrogens with zero attached hydrogens (tertiary/aromatic N) is 1. The summed E-state index contributed by atoms with van der Waals surface area (Å²) < 4.78 is 5.42. The number of hydrogen-bond acceptors (Lipinski definition) is 3. The number of carbonyl (C=O) groups is 1. The lowest BCUT2D eigenvalue weighted by molar-refractivity contribution is 0.102. The first kappa shape index (κ1) is 18.6. The van der Waals surface area contributed by atoms with E-state index >= 15 is 0 Å². The molecule has 0 spiro atoms. The van der Waals surface area contributed by atoms with Crippen molar-refractivity contribution in [1.29, 1.82) is 0 Å². The number of amides is 1. The van der Waals surface area contributed by atoms with E-state index in [4.69, 9.17) is 27.9 Å². The first-order valence-corrected chi connectivity index (χ1v) is 10.1. The van der Waals surface area contributed by atoms with Gasteiger partial charge in [-0.3, -0.25) is 9.69 Å². The number of hydrogen-bond donors (Lipinski definition) is 1. The number of carbonyl (C=O) groups excluding carboxylic acids is 1. The van der Waals surface area contributed by atoms with E-state index in [9.17, 15) is 4.79 Å². The monoisotopic (exact) mass is 404 g/mol. The van der Waals surface area contributed by atoms with E-state index in [1.54, 1.807) is 12.1 Å². The molecule has 2 aromatic rings. The molecule has 2 aromatic carbocycles. The Morgan fingerprint density at radius 1 is 1.22 bits per heavy atom. The summed E-state index contributed by atoms with van der Waals surface area (Å²) >= 11 is 12.4. The van der Waals surface area contributed by atoms with Crippen LogP contribution in [0.1, 0.15) is 47.3 Å². The highest BCUT2D eigenvalue weighted by Gasteiger charge is 2.31. The number of rotatable bonds is 4. The zero-order valence-corrected chi connectivity index (χ0v) is 16.7. The third kappa shape index (κ3) is 3.66. The Morgan fingerprint density at radius 3 is 2.74 bits per heavy atom. The fraction of sp³-hybridized carbons (Fsp3) is 0.381. The third-order valence-corrected chi connectivity index (χ3v) is 5.91. The molecule has 6 heteroatoms. The predicted molar refractivity (Wildman–Crippen MR) is 109 cm³/mol. The molecule has 142 valence electrons. The van der Waals surface area contributed by atoms with Crippen LogP contribution in [0, 0.1) is 0 Å². The van der Waals surface area contributed by atoms with Gasteiger partial charge in [-0.05, 0) is 68.1 Å². The van der Waals surface area contributed by atoms with Crippen molar-refractivity contribution in [2.75, 3.05) is 25.0 Å². The van der Waals surface area contributed by atoms with Gasteiger partial charge in [0, 0.05) is 23.8 Å². The molecule has 1 N–H and O–H groups in total. The molecular weight excluding hydrogens is 383 g/mol. The van der Waals surface area contributed by atoms with E-state index in [1.165, 1.54) is 30.5 Å². The highest BCUT2D eigenvalue weighted by Crippen LogP contribution is 2.39. The van der Waals surface area contributed by atoms with E-state index in [2.05, 4.69) is 22.3 Å². The molecule has 0 radical (unpaired) electrons. The van der Waals surface area contributed by atoms with Gasteiger partial charge in [-0.2, -0.15) is 0 Å². The largest absolute Gasteiger partial charge is 0.491 e. The van der Waals surface area contributed by atoms with Crippen LogP contribution in [0.15, 0.2) is 30.3 Å². The molecule has 2 heterocycles. The second-order valence-electron chi connectivity index (χ2n) is 7.01. The van der Waals surface area contributed by atoms with Gasteiger partial charge in [-0.1, -0.05) is 29.3 Å². The highest BCUT2D eigenvalue weighted by atomic mass is 35.5. The van der Waals surface area contributed by atoms with Gasteiger partial charge in [-0.25, -0.2) is 0 Å². The van der Waals surface area contributed by atoms with Crippen LogP contribution in [0.4, 0.5) is 5.69 Å². The molecule has 0 bridgehead atoms. The quantitative estimate of drug-likeness (QED) is 0.747. The number of anilines is 1. The van der Waals surface area contributed by atoms with Crippen LogP contribution in [0.25, 0.3) is 0 Å². The molecule has 1 amide bonds. The van der Waals surface area contributed by atoms with Crippen molar-refractivity contribution in [3.63, 3.8) is 0 Å². The molecule has 4 rings (SSSR count). The smallest absolute Gasteiger partial charge is 0.255 e. The van der Waals surface area contributed by atoms with Crippen LogP contribution in [0.3, 0.4) is 0 Å². The van der Waals surface area contributed by atoms with E-state index in [-0.39, 0.29) is 5.91 Å². The Hall–Kier alpha value is -1.75. The fourth-order valence-electron chi connectivity index (χ4n) is 4.10.